The monoisotopic (exact) mass is 286 g/mol. The molecule has 2 heterocycles. The van der Waals surface area contributed by atoms with Crippen LogP contribution in [-0.4, -0.2) is 10.9 Å². The summed E-state index contributed by atoms with van der Waals surface area (Å²) in [6.07, 6.45) is 8.15. The van der Waals surface area contributed by atoms with Gasteiger partial charge in [0.1, 0.15) is 0 Å². The van der Waals surface area contributed by atoms with E-state index in [0.29, 0.717) is 6.54 Å². The predicted octanol–water partition coefficient (Wildman–Crippen LogP) is 3.62. The molecule has 0 unspecified atom stereocenters. The van der Waals surface area contributed by atoms with Crippen LogP contribution in [0, 0.1) is 5.92 Å². The maximum atomic E-state index is 12.0. The van der Waals surface area contributed by atoms with Gasteiger partial charge in [-0.15, -0.1) is 0 Å². The molecule has 1 saturated carbocycles. The average molecular weight is 286 g/mol. The number of nitrogens with zero attached hydrogens (tertiary/aromatic N) is 1. The van der Waals surface area contributed by atoms with E-state index in [-0.39, 0.29) is 11.8 Å². The van der Waals surface area contributed by atoms with Crippen molar-refractivity contribution in [2.75, 3.05) is 0 Å². The molecule has 0 atom stereocenters. The van der Waals surface area contributed by atoms with Crippen LogP contribution in [-0.2, 0) is 11.3 Å². The van der Waals surface area contributed by atoms with Gasteiger partial charge in [0.05, 0.1) is 0 Å². The van der Waals surface area contributed by atoms with E-state index in [0.717, 1.165) is 24.0 Å². The van der Waals surface area contributed by atoms with Gasteiger partial charge >= 0.3 is 0 Å². The fourth-order valence-corrected chi connectivity index (χ4v) is 3.36. The summed E-state index contributed by atoms with van der Waals surface area (Å²) in [6.45, 7) is 0.570. The summed E-state index contributed by atoms with van der Waals surface area (Å²) in [6, 6.07) is 4.19. The molecule has 0 radical (unpaired) electrons. The van der Waals surface area contributed by atoms with Crippen LogP contribution in [0.3, 0.4) is 0 Å². The number of nitrogens with one attached hydrogen (secondary N) is 1. The smallest absolute Gasteiger partial charge is 0.223 e. The van der Waals surface area contributed by atoms with E-state index in [1.807, 2.05) is 12.4 Å². The van der Waals surface area contributed by atoms with Crippen LogP contribution in [0.4, 0.5) is 0 Å². The summed E-state index contributed by atoms with van der Waals surface area (Å²) in [5.74, 6) is 0.423. The lowest BCUT2D eigenvalue weighted by molar-refractivity contribution is -0.124. The van der Waals surface area contributed by atoms with Gasteiger partial charge in [-0.25, -0.2) is 0 Å². The average Bonchev–Trinajstić information content (AvgIpc) is 3.17. The molecule has 0 spiro atoms. The van der Waals surface area contributed by atoms with Crippen LogP contribution in [0.2, 0.25) is 0 Å². The molecule has 1 amide bonds. The van der Waals surface area contributed by atoms with E-state index in [2.05, 4.69) is 33.2 Å². The SMILES string of the molecule is O=C(NCc1cncc(-c2ccsc2)c1)C1CCCC1. The third-order valence-corrected chi connectivity index (χ3v) is 4.53. The van der Waals surface area contributed by atoms with Crippen LogP contribution in [0.25, 0.3) is 11.1 Å². The van der Waals surface area contributed by atoms with Gasteiger partial charge in [-0.05, 0) is 46.9 Å². The van der Waals surface area contributed by atoms with E-state index in [9.17, 15) is 4.79 Å². The lowest BCUT2D eigenvalue weighted by Crippen LogP contribution is -2.28. The molecule has 0 bridgehead atoms. The van der Waals surface area contributed by atoms with Crippen LogP contribution >= 0.6 is 11.3 Å². The Kier molecular flexibility index (Phi) is 4.11. The molecule has 0 saturated heterocycles. The largest absolute Gasteiger partial charge is 0.352 e. The normalized spacial score (nSPS) is 15.4. The molecule has 104 valence electrons. The van der Waals surface area contributed by atoms with Gasteiger partial charge in [-0.1, -0.05) is 12.8 Å². The number of thiophene rings is 1. The lowest BCUT2D eigenvalue weighted by Gasteiger charge is -2.10. The highest BCUT2D eigenvalue weighted by atomic mass is 32.1. The van der Waals surface area contributed by atoms with E-state index >= 15 is 0 Å². The topological polar surface area (TPSA) is 42.0 Å². The molecule has 20 heavy (non-hydrogen) atoms. The van der Waals surface area contributed by atoms with Crippen molar-refractivity contribution in [1.82, 2.24) is 10.3 Å². The molecular weight excluding hydrogens is 268 g/mol. The number of aromatic nitrogens is 1. The van der Waals surface area contributed by atoms with Gasteiger partial charge in [-0.2, -0.15) is 11.3 Å². The lowest BCUT2D eigenvalue weighted by atomic mass is 10.1. The van der Waals surface area contributed by atoms with Crippen LogP contribution in [0.5, 0.6) is 0 Å². The zero-order chi connectivity index (χ0) is 13.8. The Morgan fingerprint density at radius 3 is 2.90 bits per heavy atom. The summed E-state index contributed by atoms with van der Waals surface area (Å²) >= 11 is 1.68. The maximum absolute atomic E-state index is 12.0. The van der Waals surface area contributed by atoms with Crippen molar-refractivity contribution in [3.63, 3.8) is 0 Å². The summed E-state index contributed by atoms with van der Waals surface area (Å²) in [5.41, 5.74) is 3.35. The van der Waals surface area contributed by atoms with Crippen molar-refractivity contribution in [2.24, 2.45) is 5.92 Å². The van der Waals surface area contributed by atoms with Crippen LogP contribution in [0.1, 0.15) is 31.2 Å². The van der Waals surface area contributed by atoms with E-state index in [1.165, 1.54) is 18.4 Å². The van der Waals surface area contributed by atoms with Gasteiger partial charge in [0.25, 0.3) is 0 Å². The molecule has 2 aromatic rings. The van der Waals surface area contributed by atoms with E-state index in [4.69, 9.17) is 0 Å². The number of pyridine rings is 1. The number of carbonyl (C=O) groups is 1. The standard InChI is InChI=1S/C16H18N2OS/c19-16(13-3-1-2-4-13)18-9-12-7-15(10-17-8-12)14-5-6-20-11-14/h5-8,10-11,13H,1-4,9H2,(H,18,19). The fraction of sp³-hybridized carbons (Fsp3) is 0.375. The van der Waals surface area contributed by atoms with E-state index in [1.54, 1.807) is 11.3 Å². The first-order valence-electron chi connectivity index (χ1n) is 7.07. The highest BCUT2D eigenvalue weighted by Gasteiger charge is 2.22. The summed E-state index contributed by atoms with van der Waals surface area (Å²) < 4.78 is 0. The van der Waals surface area contributed by atoms with Crippen molar-refractivity contribution in [3.05, 3.63) is 40.8 Å². The summed E-state index contributed by atoms with van der Waals surface area (Å²) in [4.78, 5) is 16.3. The minimum absolute atomic E-state index is 0.198. The molecule has 4 heteroatoms. The Morgan fingerprint density at radius 2 is 2.15 bits per heavy atom. The summed E-state index contributed by atoms with van der Waals surface area (Å²) in [5, 5.41) is 7.21. The predicted molar refractivity (Wildman–Crippen MR) is 81.4 cm³/mol. The minimum atomic E-state index is 0.198. The third kappa shape index (κ3) is 3.07. The molecule has 0 aromatic carbocycles. The highest BCUT2D eigenvalue weighted by Crippen LogP contribution is 2.25. The first-order chi connectivity index (χ1) is 9.83. The van der Waals surface area contributed by atoms with Crippen molar-refractivity contribution in [1.29, 1.82) is 0 Å². The first-order valence-corrected chi connectivity index (χ1v) is 8.01. The minimum Gasteiger partial charge on any atom is -0.352 e. The second-order valence-corrected chi connectivity index (χ2v) is 6.07. The maximum Gasteiger partial charge on any atom is 0.223 e. The van der Waals surface area contributed by atoms with Gasteiger partial charge in [-0.3, -0.25) is 9.78 Å². The van der Waals surface area contributed by atoms with E-state index < -0.39 is 0 Å². The molecule has 3 nitrogen and oxygen atoms in total. The fourth-order valence-electron chi connectivity index (χ4n) is 2.69. The zero-order valence-corrected chi connectivity index (χ0v) is 12.2. The molecule has 0 aliphatic heterocycles. The highest BCUT2D eigenvalue weighted by molar-refractivity contribution is 7.08. The van der Waals surface area contributed by atoms with Crippen molar-refractivity contribution in [2.45, 2.75) is 32.2 Å². The molecule has 1 aliphatic carbocycles. The molecule has 2 aromatic heterocycles. The Morgan fingerprint density at radius 1 is 1.30 bits per heavy atom. The van der Waals surface area contributed by atoms with Crippen molar-refractivity contribution in [3.8, 4) is 11.1 Å². The quantitative estimate of drug-likeness (QED) is 0.932. The molecule has 3 rings (SSSR count). The number of carbonyl (C=O) groups excluding carboxylic acids is 1. The Bertz CT molecular complexity index is 574. The number of amides is 1. The number of hydrogen-bond donors (Lipinski definition) is 1. The van der Waals surface area contributed by atoms with Gasteiger partial charge in [0.2, 0.25) is 5.91 Å². The Hall–Kier alpha value is -1.68. The van der Waals surface area contributed by atoms with Crippen LogP contribution in [0.15, 0.2) is 35.3 Å². The van der Waals surface area contributed by atoms with Gasteiger partial charge in [0, 0.05) is 30.4 Å². The Labute approximate surface area is 123 Å². The van der Waals surface area contributed by atoms with Crippen LogP contribution < -0.4 is 5.32 Å². The second-order valence-electron chi connectivity index (χ2n) is 5.29. The molecular formula is C16H18N2OS. The van der Waals surface area contributed by atoms with Crippen molar-refractivity contribution >= 4 is 17.2 Å². The van der Waals surface area contributed by atoms with Gasteiger partial charge < -0.3 is 5.32 Å². The zero-order valence-electron chi connectivity index (χ0n) is 11.3. The van der Waals surface area contributed by atoms with Gasteiger partial charge in [0.15, 0.2) is 0 Å². The number of rotatable bonds is 4. The molecule has 1 N–H and O–H groups in total. The molecule has 1 aliphatic rings. The molecule has 1 fully saturated rings. The second kappa shape index (κ2) is 6.18. The third-order valence-electron chi connectivity index (χ3n) is 3.84. The number of hydrogen-bond acceptors (Lipinski definition) is 3. The summed E-state index contributed by atoms with van der Waals surface area (Å²) in [7, 11) is 0. The Balaban J connectivity index is 1.63. The first kappa shape index (κ1) is 13.3. The van der Waals surface area contributed by atoms with Crippen molar-refractivity contribution < 1.29 is 4.79 Å².